The molecule has 0 N–H and O–H groups in total. The van der Waals surface area contributed by atoms with E-state index in [2.05, 4.69) is 27.0 Å². The van der Waals surface area contributed by atoms with Crippen molar-refractivity contribution in [3.05, 3.63) is 43.8 Å². The molecule has 1 fully saturated rings. The average Bonchev–Trinajstić information content (AvgIpc) is 3.34. The van der Waals surface area contributed by atoms with Crippen molar-refractivity contribution in [2.24, 2.45) is 0 Å². The third kappa shape index (κ3) is 3.42. The van der Waals surface area contributed by atoms with E-state index in [4.69, 9.17) is 11.6 Å². The maximum atomic E-state index is 13.1. The number of thiazole rings is 1. The number of urea groups is 1. The molecule has 2 aliphatic rings. The summed E-state index contributed by atoms with van der Waals surface area (Å²) in [4.78, 5) is 35.1. The van der Waals surface area contributed by atoms with Gasteiger partial charge in [-0.1, -0.05) is 27.5 Å². The molecule has 1 saturated heterocycles. The molecule has 1 aromatic carbocycles. The summed E-state index contributed by atoms with van der Waals surface area (Å²) in [6.07, 6.45) is 2.64. The number of fused-ring (bicyclic) bond motifs is 2. The molecule has 28 heavy (non-hydrogen) atoms. The van der Waals surface area contributed by atoms with Gasteiger partial charge in [0.05, 0.1) is 12.6 Å². The van der Waals surface area contributed by atoms with Gasteiger partial charge >= 0.3 is 6.03 Å². The topological polar surface area (TPSA) is 56.8 Å². The van der Waals surface area contributed by atoms with Crippen LogP contribution in [0, 0.1) is 0 Å². The van der Waals surface area contributed by atoms with E-state index in [9.17, 15) is 9.59 Å². The molecule has 6 nitrogen and oxygen atoms in total. The Hall–Kier alpha value is -1.64. The summed E-state index contributed by atoms with van der Waals surface area (Å²) < 4.78 is 1.56. The van der Waals surface area contributed by atoms with Crippen LogP contribution in [0.1, 0.15) is 17.0 Å². The van der Waals surface area contributed by atoms with Gasteiger partial charge in [-0.15, -0.1) is 11.3 Å². The minimum absolute atomic E-state index is 0.00357. The van der Waals surface area contributed by atoms with Gasteiger partial charge in [0.2, 0.25) is 5.91 Å². The second kappa shape index (κ2) is 7.31. The van der Waals surface area contributed by atoms with Crippen molar-refractivity contribution in [3.63, 3.8) is 0 Å². The number of carbonyl (C=O) groups is 2. The number of nitrogens with zero attached hydrogens (tertiary/aromatic N) is 4. The Morgan fingerprint density at radius 2 is 2.14 bits per heavy atom. The Kier molecular flexibility index (Phi) is 5.14. The van der Waals surface area contributed by atoms with Crippen molar-refractivity contribution in [3.8, 4) is 0 Å². The first-order valence-corrected chi connectivity index (χ1v) is 10.9. The summed E-state index contributed by atoms with van der Waals surface area (Å²) in [7, 11) is 3.53. The van der Waals surface area contributed by atoms with Crippen LogP contribution >= 0.6 is 38.9 Å². The quantitative estimate of drug-likeness (QED) is 0.653. The fourth-order valence-corrected chi connectivity index (χ4v) is 5.43. The summed E-state index contributed by atoms with van der Waals surface area (Å²) in [6.45, 7) is 1.88. The van der Waals surface area contributed by atoms with Gasteiger partial charge in [0.15, 0.2) is 0 Å². The second-order valence-electron chi connectivity index (χ2n) is 7.51. The molecule has 0 aliphatic carbocycles. The maximum Gasteiger partial charge on any atom is 0.319 e. The van der Waals surface area contributed by atoms with Crippen LogP contribution in [0.3, 0.4) is 0 Å². The Morgan fingerprint density at radius 1 is 1.36 bits per heavy atom. The molecule has 2 aromatic rings. The highest BCUT2D eigenvalue weighted by atomic mass is 79.9. The highest BCUT2D eigenvalue weighted by Crippen LogP contribution is 2.47. The summed E-state index contributed by atoms with van der Waals surface area (Å²) in [5.41, 5.74) is 1.82. The van der Waals surface area contributed by atoms with Crippen LogP contribution in [0.25, 0.3) is 0 Å². The molecule has 2 aliphatic heterocycles. The van der Waals surface area contributed by atoms with Gasteiger partial charge in [0.1, 0.15) is 9.34 Å². The van der Waals surface area contributed by atoms with Crippen molar-refractivity contribution in [2.45, 2.75) is 18.3 Å². The lowest BCUT2D eigenvalue weighted by Crippen LogP contribution is -2.42. The number of aromatic nitrogens is 1. The van der Waals surface area contributed by atoms with Crippen LogP contribution in [-0.4, -0.2) is 60.5 Å². The number of anilines is 1. The van der Waals surface area contributed by atoms with Gasteiger partial charge in [-0.05, 0) is 30.2 Å². The molecular formula is C19H20BrClN4O2S. The zero-order valence-electron chi connectivity index (χ0n) is 15.6. The first-order chi connectivity index (χ1) is 13.3. The summed E-state index contributed by atoms with van der Waals surface area (Å²) >= 11 is 10.8. The lowest BCUT2D eigenvalue weighted by Gasteiger charge is -2.27. The molecule has 0 bridgehead atoms. The lowest BCUT2D eigenvalue weighted by molar-refractivity contribution is -0.118. The van der Waals surface area contributed by atoms with Gasteiger partial charge < -0.3 is 14.7 Å². The fourth-order valence-electron chi connectivity index (χ4n) is 4.13. The molecule has 1 atom stereocenters. The lowest BCUT2D eigenvalue weighted by atomic mass is 9.81. The predicted octanol–water partition coefficient (Wildman–Crippen LogP) is 3.77. The highest BCUT2D eigenvalue weighted by molar-refractivity contribution is 9.10. The average molecular weight is 484 g/mol. The van der Waals surface area contributed by atoms with Crippen LogP contribution in [0.4, 0.5) is 10.5 Å². The van der Waals surface area contributed by atoms with E-state index in [1.54, 1.807) is 25.2 Å². The number of rotatable bonds is 2. The molecule has 1 unspecified atom stereocenters. The minimum atomic E-state index is -0.235. The van der Waals surface area contributed by atoms with Crippen molar-refractivity contribution in [1.82, 2.24) is 14.8 Å². The molecule has 1 aromatic heterocycles. The number of hydrogen-bond donors (Lipinski definition) is 0. The van der Waals surface area contributed by atoms with Crippen LogP contribution in [0.15, 0.2) is 28.9 Å². The van der Waals surface area contributed by atoms with Gasteiger partial charge in [-0.3, -0.25) is 4.79 Å². The minimum Gasteiger partial charge on any atom is -0.331 e. The van der Waals surface area contributed by atoms with Gasteiger partial charge in [-0.2, -0.15) is 0 Å². The summed E-state index contributed by atoms with van der Waals surface area (Å²) in [5.74, 6) is 0.00357. The monoisotopic (exact) mass is 482 g/mol. The van der Waals surface area contributed by atoms with Crippen molar-refractivity contribution >= 4 is 56.5 Å². The van der Waals surface area contributed by atoms with E-state index in [0.29, 0.717) is 29.0 Å². The van der Waals surface area contributed by atoms with E-state index < -0.39 is 0 Å². The fraction of sp³-hybridized carbons (Fsp3) is 0.421. The van der Waals surface area contributed by atoms with Crippen LogP contribution in [-0.2, 0) is 16.6 Å². The van der Waals surface area contributed by atoms with E-state index in [1.807, 2.05) is 21.9 Å². The Morgan fingerprint density at radius 3 is 2.82 bits per heavy atom. The van der Waals surface area contributed by atoms with Gasteiger partial charge in [0, 0.05) is 49.3 Å². The number of halogens is 2. The van der Waals surface area contributed by atoms with Gasteiger partial charge in [0.25, 0.3) is 0 Å². The zero-order valence-corrected chi connectivity index (χ0v) is 18.8. The first kappa shape index (κ1) is 19.7. The third-order valence-corrected chi connectivity index (χ3v) is 7.03. The Balaban J connectivity index is 1.63. The Bertz CT molecular complexity index is 950. The zero-order chi connectivity index (χ0) is 20.1. The molecule has 148 valence electrons. The molecule has 1 spiro atoms. The normalized spacial score (nSPS) is 20.7. The highest BCUT2D eigenvalue weighted by Gasteiger charge is 2.50. The van der Waals surface area contributed by atoms with Gasteiger partial charge in [-0.25, -0.2) is 9.78 Å². The second-order valence-corrected chi connectivity index (χ2v) is 10.2. The number of likely N-dealkylation sites (tertiary alicyclic amines) is 1. The third-order valence-electron chi connectivity index (χ3n) is 5.42. The van der Waals surface area contributed by atoms with Crippen LogP contribution in [0.2, 0.25) is 4.34 Å². The SMILES string of the molecule is CN(C)C(=O)N1CCC2(C1)CN(C(=O)Cc1ncc(Cl)s1)c1ccc(Br)cc12. The molecule has 3 heterocycles. The van der Waals surface area contributed by atoms with E-state index in [1.165, 1.54) is 11.3 Å². The number of amides is 3. The van der Waals surface area contributed by atoms with E-state index >= 15 is 0 Å². The number of hydrogen-bond acceptors (Lipinski definition) is 4. The standard InChI is InChI=1S/C19H20BrClN4O2S/c1-23(2)18(27)24-6-5-19(10-24)11-25(14-4-3-12(20)7-13(14)19)17(26)8-16-22-9-15(21)28-16/h3-4,7,9H,5-6,8,10-11H2,1-2H3. The molecule has 3 amide bonds. The molecule has 0 saturated carbocycles. The summed E-state index contributed by atoms with van der Waals surface area (Å²) in [5, 5.41) is 0.713. The molecule has 4 rings (SSSR count). The van der Waals surface area contributed by atoms with E-state index in [-0.39, 0.29) is 23.8 Å². The molecular weight excluding hydrogens is 464 g/mol. The maximum absolute atomic E-state index is 13.1. The van der Waals surface area contributed by atoms with E-state index in [0.717, 1.165) is 22.1 Å². The number of carbonyl (C=O) groups excluding carboxylic acids is 2. The predicted molar refractivity (Wildman–Crippen MR) is 114 cm³/mol. The van der Waals surface area contributed by atoms with Crippen molar-refractivity contribution < 1.29 is 9.59 Å². The Labute approximate surface area is 181 Å². The van der Waals surface area contributed by atoms with Crippen molar-refractivity contribution in [1.29, 1.82) is 0 Å². The van der Waals surface area contributed by atoms with Crippen LogP contribution < -0.4 is 4.90 Å². The largest absolute Gasteiger partial charge is 0.331 e. The molecule has 9 heteroatoms. The summed E-state index contributed by atoms with van der Waals surface area (Å²) in [6, 6.07) is 6.04. The number of benzene rings is 1. The first-order valence-electron chi connectivity index (χ1n) is 8.96. The smallest absolute Gasteiger partial charge is 0.319 e. The molecule has 0 radical (unpaired) electrons. The van der Waals surface area contributed by atoms with Crippen molar-refractivity contribution in [2.75, 3.05) is 38.6 Å². The van der Waals surface area contributed by atoms with Crippen LogP contribution in [0.5, 0.6) is 0 Å².